The van der Waals surface area contributed by atoms with Gasteiger partial charge in [-0.05, 0) is 19.4 Å². The van der Waals surface area contributed by atoms with Crippen LogP contribution in [0.2, 0.25) is 0 Å². The van der Waals surface area contributed by atoms with Crippen LogP contribution in [-0.2, 0) is 9.53 Å². The molecule has 0 saturated heterocycles. The first-order chi connectivity index (χ1) is 6.76. The molecule has 0 saturated carbocycles. The van der Waals surface area contributed by atoms with E-state index < -0.39 is 0 Å². The van der Waals surface area contributed by atoms with Crippen LogP contribution in [-0.4, -0.2) is 32.2 Å². The fourth-order valence-electron chi connectivity index (χ4n) is 1.12. The number of ether oxygens (including phenoxy) is 1. The summed E-state index contributed by atoms with van der Waals surface area (Å²) in [6, 6.07) is -0.303. The van der Waals surface area contributed by atoms with E-state index in [0.29, 0.717) is 19.5 Å². The molecule has 0 aromatic rings. The van der Waals surface area contributed by atoms with E-state index in [1.54, 1.807) is 0 Å². The predicted molar refractivity (Wildman–Crippen MR) is 55.5 cm³/mol. The molecule has 0 radical (unpaired) electrons. The van der Waals surface area contributed by atoms with Gasteiger partial charge < -0.3 is 10.5 Å². The Balaban J connectivity index is 3.85. The molecule has 80 valence electrons. The van der Waals surface area contributed by atoms with Crippen LogP contribution in [0.15, 0.2) is 0 Å². The number of carbonyl (C=O) groups excluding carboxylic acids is 1. The van der Waals surface area contributed by atoms with Crippen molar-refractivity contribution >= 4 is 5.97 Å². The maximum absolute atomic E-state index is 11.2. The Morgan fingerprint density at radius 2 is 2.36 bits per heavy atom. The second kappa shape index (κ2) is 8.54. The van der Waals surface area contributed by atoms with Crippen LogP contribution in [0, 0.1) is 12.3 Å². The van der Waals surface area contributed by atoms with Crippen molar-refractivity contribution in [2.75, 3.05) is 20.2 Å². The monoisotopic (exact) mass is 198 g/mol. The average Bonchev–Trinajstić information content (AvgIpc) is 2.22. The molecule has 0 aromatic heterocycles. The molecule has 0 rings (SSSR count). The number of esters is 1. The minimum atomic E-state index is -0.303. The largest absolute Gasteiger partial charge is 0.468 e. The van der Waals surface area contributed by atoms with Crippen molar-refractivity contribution < 1.29 is 9.53 Å². The highest BCUT2D eigenvalue weighted by molar-refractivity contribution is 5.75. The molecule has 0 aliphatic rings. The van der Waals surface area contributed by atoms with E-state index in [1.807, 2.05) is 0 Å². The van der Waals surface area contributed by atoms with Gasteiger partial charge in [0.05, 0.1) is 13.7 Å². The lowest BCUT2D eigenvalue weighted by Crippen LogP contribution is -2.37. The topological polar surface area (TPSA) is 64.3 Å². The minimum absolute atomic E-state index is 0.266. The number of carbonyl (C=O) groups is 1. The van der Waals surface area contributed by atoms with Gasteiger partial charge in [-0.1, -0.05) is 12.3 Å². The molecule has 4 heteroatoms. The van der Waals surface area contributed by atoms with E-state index in [1.165, 1.54) is 7.11 Å². The van der Waals surface area contributed by atoms with Crippen molar-refractivity contribution in [3.05, 3.63) is 0 Å². The lowest BCUT2D eigenvalue weighted by molar-refractivity contribution is -0.143. The van der Waals surface area contributed by atoms with E-state index in [2.05, 4.69) is 16.0 Å². The Labute approximate surface area is 85.2 Å². The number of rotatable bonds is 7. The molecule has 0 amide bonds. The highest BCUT2D eigenvalue weighted by Crippen LogP contribution is 2.01. The van der Waals surface area contributed by atoms with Crippen molar-refractivity contribution in [3.8, 4) is 12.3 Å². The van der Waals surface area contributed by atoms with Gasteiger partial charge in [0.25, 0.3) is 0 Å². The van der Waals surface area contributed by atoms with Crippen molar-refractivity contribution in [2.45, 2.75) is 25.3 Å². The van der Waals surface area contributed by atoms with Crippen LogP contribution in [0.25, 0.3) is 0 Å². The van der Waals surface area contributed by atoms with Gasteiger partial charge in [0.1, 0.15) is 6.04 Å². The Kier molecular flexibility index (Phi) is 7.90. The van der Waals surface area contributed by atoms with Gasteiger partial charge in [0.15, 0.2) is 0 Å². The van der Waals surface area contributed by atoms with Gasteiger partial charge in [-0.15, -0.1) is 6.42 Å². The summed E-state index contributed by atoms with van der Waals surface area (Å²) in [6.07, 6.45) is 7.61. The number of nitrogens with one attached hydrogen (secondary N) is 1. The zero-order valence-electron chi connectivity index (χ0n) is 8.58. The number of terminal acetylenes is 1. The van der Waals surface area contributed by atoms with Crippen LogP contribution in [0.5, 0.6) is 0 Å². The molecular weight excluding hydrogens is 180 g/mol. The van der Waals surface area contributed by atoms with Crippen LogP contribution < -0.4 is 11.1 Å². The van der Waals surface area contributed by atoms with Gasteiger partial charge in [-0.3, -0.25) is 10.1 Å². The van der Waals surface area contributed by atoms with Crippen molar-refractivity contribution in [1.29, 1.82) is 0 Å². The van der Waals surface area contributed by atoms with E-state index in [4.69, 9.17) is 12.2 Å². The summed E-state index contributed by atoms with van der Waals surface area (Å²) in [5.74, 6) is 2.16. The second-order valence-electron chi connectivity index (χ2n) is 2.95. The highest BCUT2D eigenvalue weighted by Gasteiger charge is 2.16. The summed E-state index contributed by atoms with van der Waals surface area (Å²) in [7, 11) is 1.37. The van der Waals surface area contributed by atoms with Crippen molar-refractivity contribution in [1.82, 2.24) is 5.32 Å². The second-order valence-corrected chi connectivity index (χ2v) is 2.95. The summed E-state index contributed by atoms with van der Waals surface area (Å²) in [5, 5.41) is 2.93. The molecule has 3 N–H and O–H groups in total. The molecular formula is C10H18N2O2. The molecule has 0 aromatic carbocycles. The normalized spacial score (nSPS) is 11.8. The van der Waals surface area contributed by atoms with E-state index in [0.717, 1.165) is 12.8 Å². The first-order valence-electron chi connectivity index (χ1n) is 4.71. The van der Waals surface area contributed by atoms with Crippen LogP contribution >= 0.6 is 0 Å². The lowest BCUT2D eigenvalue weighted by atomic mass is 10.1. The van der Waals surface area contributed by atoms with E-state index >= 15 is 0 Å². The first kappa shape index (κ1) is 12.9. The maximum atomic E-state index is 11.2. The van der Waals surface area contributed by atoms with Gasteiger partial charge in [0, 0.05) is 0 Å². The average molecular weight is 198 g/mol. The quantitative estimate of drug-likeness (QED) is 0.340. The minimum Gasteiger partial charge on any atom is -0.468 e. The zero-order valence-corrected chi connectivity index (χ0v) is 8.58. The third-order valence-electron chi connectivity index (χ3n) is 1.88. The molecule has 4 nitrogen and oxygen atoms in total. The third-order valence-corrected chi connectivity index (χ3v) is 1.88. The summed E-state index contributed by atoms with van der Waals surface area (Å²) in [5.41, 5.74) is 5.35. The Bertz CT molecular complexity index is 199. The van der Waals surface area contributed by atoms with Gasteiger partial charge in [0.2, 0.25) is 0 Å². The van der Waals surface area contributed by atoms with Gasteiger partial charge in [-0.2, -0.15) is 0 Å². The Morgan fingerprint density at radius 3 is 2.86 bits per heavy atom. The zero-order chi connectivity index (χ0) is 10.8. The smallest absolute Gasteiger partial charge is 0.322 e. The van der Waals surface area contributed by atoms with Crippen LogP contribution in [0.3, 0.4) is 0 Å². The highest BCUT2D eigenvalue weighted by atomic mass is 16.5. The lowest BCUT2D eigenvalue weighted by Gasteiger charge is -2.14. The maximum Gasteiger partial charge on any atom is 0.322 e. The van der Waals surface area contributed by atoms with E-state index in [9.17, 15) is 4.79 Å². The Hall–Kier alpha value is -1.05. The summed E-state index contributed by atoms with van der Waals surface area (Å²) >= 11 is 0. The van der Waals surface area contributed by atoms with Crippen LogP contribution in [0.1, 0.15) is 19.3 Å². The molecule has 0 bridgehead atoms. The molecule has 0 aliphatic heterocycles. The van der Waals surface area contributed by atoms with Gasteiger partial charge in [-0.25, -0.2) is 0 Å². The number of methoxy groups -OCH3 is 1. The van der Waals surface area contributed by atoms with Gasteiger partial charge >= 0.3 is 5.97 Å². The molecule has 0 heterocycles. The predicted octanol–water partition coefficient (Wildman–Crippen LogP) is -0.120. The Morgan fingerprint density at radius 1 is 1.64 bits per heavy atom. The van der Waals surface area contributed by atoms with Crippen LogP contribution in [0.4, 0.5) is 0 Å². The van der Waals surface area contributed by atoms with E-state index in [-0.39, 0.29) is 12.0 Å². The number of hydrogen-bond donors (Lipinski definition) is 2. The van der Waals surface area contributed by atoms with Crippen molar-refractivity contribution in [2.24, 2.45) is 5.73 Å². The summed E-state index contributed by atoms with van der Waals surface area (Å²) in [4.78, 5) is 11.2. The SMILES string of the molecule is C#CCNC(CCCCN)C(=O)OC. The summed E-state index contributed by atoms with van der Waals surface area (Å²) < 4.78 is 4.64. The fraction of sp³-hybridized carbons (Fsp3) is 0.700. The molecule has 1 unspecified atom stereocenters. The molecule has 0 aliphatic carbocycles. The molecule has 14 heavy (non-hydrogen) atoms. The number of nitrogens with two attached hydrogens (primary N) is 1. The van der Waals surface area contributed by atoms with Crippen molar-refractivity contribution in [3.63, 3.8) is 0 Å². The first-order valence-corrected chi connectivity index (χ1v) is 4.71. The summed E-state index contributed by atoms with van der Waals surface area (Å²) in [6.45, 7) is 1.02. The number of unbranched alkanes of at least 4 members (excludes halogenated alkanes) is 1. The molecule has 0 fully saturated rings. The fourth-order valence-corrected chi connectivity index (χ4v) is 1.12. The molecule has 1 atom stereocenters. The molecule has 0 spiro atoms. The standard InChI is InChI=1S/C10H18N2O2/c1-3-8-12-9(10(13)14-2)6-4-5-7-11/h1,9,12H,4-8,11H2,2H3. The third kappa shape index (κ3) is 5.57. The number of hydrogen-bond acceptors (Lipinski definition) is 4.